The maximum absolute atomic E-state index is 12.1. The first-order valence-electron chi connectivity index (χ1n) is 6.08. The van der Waals surface area contributed by atoms with Crippen LogP contribution in [0, 0.1) is 0 Å². The van der Waals surface area contributed by atoms with Gasteiger partial charge < -0.3 is 10.0 Å². The SMILES string of the molecule is CCN(C(=O)Cc1ccccc1C(=O)O)C(C)C. The van der Waals surface area contributed by atoms with E-state index in [1.165, 1.54) is 6.07 Å². The highest BCUT2D eigenvalue weighted by molar-refractivity contribution is 5.91. The molecule has 0 bridgehead atoms. The number of aromatic carboxylic acids is 1. The highest BCUT2D eigenvalue weighted by Gasteiger charge is 2.18. The average molecular weight is 249 g/mol. The van der Waals surface area contributed by atoms with E-state index in [9.17, 15) is 9.59 Å². The summed E-state index contributed by atoms with van der Waals surface area (Å²) >= 11 is 0. The number of benzene rings is 1. The van der Waals surface area contributed by atoms with E-state index < -0.39 is 5.97 Å². The summed E-state index contributed by atoms with van der Waals surface area (Å²) in [5.41, 5.74) is 0.764. The van der Waals surface area contributed by atoms with Crippen molar-refractivity contribution in [2.24, 2.45) is 0 Å². The Balaban J connectivity index is 2.91. The van der Waals surface area contributed by atoms with Gasteiger partial charge in [0.15, 0.2) is 0 Å². The molecule has 0 aromatic heterocycles. The van der Waals surface area contributed by atoms with Crippen molar-refractivity contribution in [2.75, 3.05) is 6.54 Å². The van der Waals surface area contributed by atoms with Crippen LogP contribution in [0.15, 0.2) is 24.3 Å². The highest BCUT2D eigenvalue weighted by atomic mass is 16.4. The van der Waals surface area contributed by atoms with Crippen molar-refractivity contribution in [3.8, 4) is 0 Å². The second kappa shape index (κ2) is 6.19. The van der Waals surface area contributed by atoms with Gasteiger partial charge in [0.05, 0.1) is 12.0 Å². The van der Waals surface area contributed by atoms with Gasteiger partial charge in [-0.05, 0) is 32.4 Å². The van der Waals surface area contributed by atoms with Crippen LogP contribution >= 0.6 is 0 Å². The van der Waals surface area contributed by atoms with Gasteiger partial charge in [-0.1, -0.05) is 18.2 Å². The first-order chi connectivity index (χ1) is 8.47. The van der Waals surface area contributed by atoms with Crippen LogP contribution in [0.2, 0.25) is 0 Å². The highest BCUT2D eigenvalue weighted by Crippen LogP contribution is 2.12. The van der Waals surface area contributed by atoms with Gasteiger partial charge in [-0.2, -0.15) is 0 Å². The van der Waals surface area contributed by atoms with Gasteiger partial charge in [0.25, 0.3) is 0 Å². The number of amides is 1. The number of carbonyl (C=O) groups is 2. The van der Waals surface area contributed by atoms with Gasteiger partial charge in [-0.25, -0.2) is 4.79 Å². The maximum Gasteiger partial charge on any atom is 0.335 e. The third kappa shape index (κ3) is 3.32. The minimum absolute atomic E-state index is 0.0406. The third-order valence-corrected chi connectivity index (χ3v) is 2.87. The number of rotatable bonds is 5. The Morgan fingerprint density at radius 2 is 1.89 bits per heavy atom. The van der Waals surface area contributed by atoms with Crippen LogP contribution in [0.5, 0.6) is 0 Å². The van der Waals surface area contributed by atoms with E-state index in [2.05, 4.69) is 0 Å². The largest absolute Gasteiger partial charge is 0.478 e. The van der Waals surface area contributed by atoms with Crippen molar-refractivity contribution in [3.05, 3.63) is 35.4 Å². The molecule has 1 amide bonds. The third-order valence-electron chi connectivity index (χ3n) is 2.87. The molecule has 0 atom stereocenters. The molecule has 4 heteroatoms. The maximum atomic E-state index is 12.1. The van der Waals surface area contributed by atoms with E-state index in [4.69, 9.17) is 5.11 Å². The molecular formula is C14H19NO3. The lowest BCUT2D eigenvalue weighted by molar-refractivity contribution is -0.131. The first kappa shape index (κ1) is 14.2. The molecular weight excluding hydrogens is 230 g/mol. The number of carbonyl (C=O) groups excluding carboxylic acids is 1. The Morgan fingerprint density at radius 1 is 1.28 bits per heavy atom. The van der Waals surface area contributed by atoms with E-state index in [-0.39, 0.29) is 23.9 Å². The van der Waals surface area contributed by atoms with E-state index in [0.717, 1.165) is 0 Å². The van der Waals surface area contributed by atoms with Gasteiger partial charge in [0.2, 0.25) is 5.91 Å². The van der Waals surface area contributed by atoms with Crippen LogP contribution in [-0.2, 0) is 11.2 Å². The van der Waals surface area contributed by atoms with Crippen LogP contribution in [0.3, 0.4) is 0 Å². The summed E-state index contributed by atoms with van der Waals surface area (Å²) in [5.74, 6) is -1.04. The number of hydrogen-bond acceptors (Lipinski definition) is 2. The van der Waals surface area contributed by atoms with Crippen LogP contribution in [0.1, 0.15) is 36.7 Å². The fourth-order valence-electron chi connectivity index (χ4n) is 1.98. The summed E-state index contributed by atoms with van der Waals surface area (Å²) in [6, 6.07) is 6.75. The summed E-state index contributed by atoms with van der Waals surface area (Å²) in [7, 11) is 0. The molecule has 0 heterocycles. The smallest absolute Gasteiger partial charge is 0.335 e. The number of hydrogen-bond donors (Lipinski definition) is 1. The minimum Gasteiger partial charge on any atom is -0.478 e. The van der Waals surface area contributed by atoms with Gasteiger partial charge in [0.1, 0.15) is 0 Å². The Morgan fingerprint density at radius 3 is 2.39 bits per heavy atom. The van der Waals surface area contributed by atoms with Gasteiger partial charge in [-0.15, -0.1) is 0 Å². The molecule has 1 rings (SSSR count). The number of likely N-dealkylation sites (N-methyl/N-ethyl adjacent to an activating group) is 1. The average Bonchev–Trinajstić information content (AvgIpc) is 2.29. The first-order valence-corrected chi connectivity index (χ1v) is 6.08. The van der Waals surface area contributed by atoms with Crippen LogP contribution in [0.4, 0.5) is 0 Å². The zero-order chi connectivity index (χ0) is 13.7. The fraction of sp³-hybridized carbons (Fsp3) is 0.429. The molecule has 0 aliphatic rings. The number of nitrogens with zero attached hydrogens (tertiary/aromatic N) is 1. The van der Waals surface area contributed by atoms with E-state index in [1.54, 1.807) is 23.1 Å². The summed E-state index contributed by atoms with van der Waals surface area (Å²) < 4.78 is 0. The van der Waals surface area contributed by atoms with Crippen LogP contribution in [-0.4, -0.2) is 34.5 Å². The lowest BCUT2D eigenvalue weighted by Gasteiger charge is -2.25. The number of carboxylic acid groups (broad SMARTS) is 1. The standard InChI is InChI=1S/C14H19NO3/c1-4-15(10(2)3)13(16)9-11-7-5-6-8-12(11)14(17)18/h5-8,10H,4,9H2,1-3H3,(H,17,18). The molecule has 1 N–H and O–H groups in total. The normalized spacial score (nSPS) is 10.4. The summed E-state index contributed by atoms with van der Waals surface area (Å²) in [6.07, 6.45) is 0.133. The second-order valence-corrected chi connectivity index (χ2v) is 4.41. The topological polar surface area (TPSA) is 57.6 Å². The van der Waals surface area contributed by atoms with E-state index >= 15 is 0 Å². The predicted molar refractivity (Wildman–Crippen MR) is 69.6 cm³/mol. The molecule has 4 nitrogen and oxygen atoms in total. The van der Waals surface area contributed by atoms with Crippen molar-refractivity contribution in [1.82, 2.24) is 4.90 Å². The van der Waals surface area contributed by atoms with Crippen molar-refractivity contribution >= 4 is 11.9 Å². The molecule has 0 aliphatic heterocycles. The Labute approximate surface area is 107 Å². The van der Waals surface area contributed by atoms with E-state index in [0.29, 0.717) is 12.1 Å². The number of carboxylic acids is 1. The molecule has 0 unspecified atom stereocenters. The molecule has 0 saturated heterocycles. The van der Waals surface area contributed by atoms with Crippen molar-refractivity contribution in [3.63, 3.8) is 0 Å². The molecule has 0 radical (unpaired) electrons. The predicted octanol–water partition coefficient (Wildman–Crippen LogP) is 2.18. The quantitative estimate of drug-likeness (QED) is 0.870. The van der Waals surface area contributed by atoms with Crippen molar-refractivity contribution in [1.29, 1.82) is 0 Å². The van der Waals surface area contributed by atoms with Gasteiger partial charge >= 0.3 is 5.97 Å². The lowest BCUT2D eigenvalue weighted by atomic mass is 10.0. The molecule has 1 aromatic rings. The summed E-state index contributed by atoms with van der Waals surface area (Å²) in [6.45, 7) is 6.45. The van der Waals surface area contributed by atoms with E-state index in [1.807, 2.05) is 20.8 Å². The molecule has 0 saturated carbocycles. The zero-order valence-corrected chi connectivity index (χ0v) is 11.0. The zero-order valence-electron chi connectivity index (χ0n) is 11.0. The van der Waals surface area contributed by atoms with Gasteiger partial charge in [0, 0.05) is 12.6 Å². The molecule has 0 fully saturated rings. The van der Waals surface area contributed by atoms with Crippen LogP contribution < -0.4 is 0 Å². The summed E-state index contributed by atoms with van der Waals surface area (Å²) in [5, 5.41) is 9.06. The minimum atomic E-state index is -0.994. The monoisotopic (exact) mass is 249 g/mol. The molecule has 98 valence electrons. The van der Waals surface area contributed by atoms with Gasteiger partial charge in [-0.3, -0.25) is 4.79 Å². The fourth-order valence-corrected chi connectivity index (χ4v) is 1.98. The Kier molecular flexibility index (Phi) is 4.89. The molecule has 0 aliphatic carbocycles. The van der Waals surface area contributed by atoms with Crippen molar-refractivity contribution < 1.29 is 14.7 Å². The summed E-state index contributed by atoms with van der Waals surface area (Å²) in [4.78, 5) is 24.9. The Bertz CT molecular complexity index is 440. The Hall–Kier alpha value is -1.84. The lowest BCUT2D eigenvalue weighted by Crippen LogP contribution is -2.37. The second-order valence-electron chi connectivity index (χ2n) is 4.41. The molecule has 18 heavy (non-hydrogen) atoms. The molecule has 1 aromatic carbocycles. The van der Waals surface area contributed by atoms with Crippen LogP contribution in [0.25, 0.3) is 0 Å². The van der Waals surface area contributed by atoms with Crippen molar-refractivity contribution in [2.45, 2.75) is 33.2 Å². The molecule has 0 spiro atoms.